The van der Waals surface area contributed by atoms with E-state index >= 15 is 0 Å². The lowest BCUT2D eigenvalue weighted by atomic mass is 10.2. The zero-order valence-corrected chi connectivity index (χ0v) is 16.7. The number of nitrogens with zero attached hydrogens (tertiary/aromatic N) is 2. The highest BCUT2D eigenvalue weighted by Crippen LogP contribution is 2.12. The van der Waals surface area contributed by atoms with Crippen molar-refractivity contribution in [1.82, 2.24) is 9.78 Å². The minimum atomic E-state index is -3.48. The molecular weight excluding hydrogens is 390 g/mol. The number of aromatic nitrogens is 2. The van der Waals surface area contributed by atoms with Gasteiger partial charge in [0.2, 0.25) is 5.91 Å². The van der Waals surface area contributed by atoms with Crippen molar-refractivity contribution in [3.05, 3.63) is 78.6 Å². The molecule has 0 unspecified atom stereocenters. The Morgan fingerprint density at radius 2 is 1.72 bits per heavy atom. The second-order valence-corrected chi connectivity index (χ2v) is 8.57. The third-order valence-corrected chi connectivity index (χ3v) is 5.93. The molecule has 0 saturated carbocycles. The van der Waals surface area contributed by atoms with Crippen molar-refractivity contribution in [2.45, 2.75) is 24.5 Å². The largest absolute Gasteiger partial charge is 0.375 e. The van der Waals surface area contributed by atoms with Gasteiger partial charge in [0.1, 0.15) is 0 Å². The number of rotatable bonds is 10. The molecule has 1 heterocycles. The molecule has 1 N–H and O–H groups in total. The fourth-order valence-electron chi connectivity index (χ4n) is 2.67. The maximum absolute atomic E-state index is 12.2. The third-order valence-electron chi connectivity index (χ3n) is 4.19. The Hall–Kier alpha value is -2.97. The lowest BCUT2D eigenvalue weighted by molar-refractivity contribution is -0.115. The average Bonchev–Trinajstić information content (AvgIpc) is 3.18. The van der Waals surface area contributed by atoms with Crippen molar-refractivity contribution in [2.75, 3.05) is 17.7 Å². The molecule has 3 aromatic rings. The quantitative estimate of drug-likeness (QED) is 0.516. The predicted molar refractivity (Wildman–Crippen MR) is 110 cm³/mol. The molecule has 7 nitrogen and oxygen atoms in total. The first-order valence-corrected chi connectivity index (χ1v) is 10.9. The Balaban J connectivity index is 1.40. The molecule has 0 fully saturated rings. The van der Waals surface area contributed by atoms with E-state index in [1.807, 2.05) is 30.3 Å². The molecule has 0 atom stereocenters. The van der Waals surface area contributed by atoms with Crippen molar-refractivity contribution in [3.63, 3.8) is 0 Å². The van der Waals surface area contributed by atoms with Crippen LogP contribution in [0, 0.1) is 0 Å². The van der Waals surface area contributed by atoms with Gasteiger partial charge in [-0.15, -0.1) is 0 Å². The van der Waals surface area contributed by atoms with Crippen molar-refractivity contribution in [1.29, 1.82) is 0 Å². The van der Waals surface area contributed by atoms with Crippen LogP contribution < -0.4 is 5.32 Å². The number of amides is 1. The minimum Gasteiger partial charge on any atom is -0.375 e. The van der Waals surface area contributed by atoms with Gasteiger partial charge in [-0.2, -0.15) is 5.10 Å². The van der Waals surface area contributed by atoms with Crippen LogP contribution in [0.25, 0.3) is 0 Å². The molecule has 0 bridgehead atoms. The van der Waals surface area contributed by atoms with Gasteiger partial charge in [0.15, 0.2) is 9.84 Å². The zero-order chi connectivity index (χ0) is 20.5. The summed E-state index contributed by atoms with van der Waals surface area (Å²) in [7, 11) is -3.48. The summed E-state index contributed by atoms with van der Waals surface area (Å²) in [6, 6.07) is 18.0. The molecule has 152 valence electrons. The zero-order valence-electron chi connectivity index (χ0n) is 15.9. The van der Waals surface area contributed by atoms with Crippen molar-refractivity contribution in [3.8, 4) is 0 Å². The summed E-state index contributed by atoms with van der Waals surface area (Å²) in [6.07, 6.45) is 3.10. The number of sulfone groups is 1. The summed E-state index contributed by atoms with van der Waals surface area (Å²) in [4.78, 5) is 12.3. The highest BCUT2D eigenvalue weighted by Gasteiger charge is 2.16. The first-order chi connectivity index (χ1) is 14.0. The van der Waals surface area contributed by atoms with Gasteiger partial charge in [0.05, 0.1) is 42.3 Å². The van der Waals surface area contributed by atoms with Crippen LogP contribution in [0.5, 0.6) is 0 Å². The molecule has 0 aliphatic heterocycles. The van der Waals surface area contributed by atoms with Gasteiger partial charge < -0.3 is 10.1 Å². The molecule has 0 aliphatic carbocycles. The Kier molecular flexibility index (Phi) is 7.15. The van der Waals surface area contributed by atoms with E-state index in [2.05, 4.69) is 10.4 Å². The van der Waals surface area contributed by atoms with E-state index in [1.54, 1.807) is 29.1 Å². The van der Waals surface area contributed by atoms with Crippen LogP contribution in [0.4, 0.5) is 5.69 Å². The van der Waals surface area contributed by atoms with Gasteiger partial charge in [-0.1, -0.05) is 48.5 Å². The minimum absolute atomic E-state index is 0.122. The fraction of sp³-hybridized carbons (Fsp3) is 0.238. The maximum Gasteiger partial charge on any atom is 0.225 e. The first-order valence-electron chi connectivity index (χ1n) is 9.25. The Labute approximate surface area is 170 Å². The number of ether oxygens (including phenoxy) is 1. The van der Waals surface area contributed by atoms with Gasteiger partial charge in [0.25, 0.3) is 0 Å². The van der Waals surface area contributed by atoms with Gasteiger partial charge >= 0.3 is 0 Å². The third kappa shape index (κ3) is 6.55. The summed E-state index contributed by atoms with van der Waals surface area (Å²) in [5.41, 5.74) is 1.63. The van der Waals surface area contributed by atoms with Crippen LogP contribution in [0.3, 0.4) is 0 Å². The Morgan fingerprint density at radius 1 is 1.03 bits per heavy atom. The lowest BCUT2D eigenvalue weighted by Gasteiger charge is -2.05. The van der Waals surface area contributed by atoms with Crippen molar-refractivity contribution in [2.24, 2.45) is 0 Å². The van der Waals surface area contributed by atoms with Crippen molar-refractivity contribution >= 4 is 21.4 Å². The Bertz CT molecular complexity index is 1020. The molecule has 0 aliphatic rings. The van der Waals surface area contributed by atoms with Crippen LogP contribution in [0.1, 0.15) is 12.0 Å². The van der Waals surface area contributed by atoms with Gasteiger partial charge in [-0.25, -0.2) is 8.42 Å². The van der Waals surface area contributed by atoms with Crippen LogP contribution in [0.2, 0.25) is 0 Å². The summed E-state index contributed by atoms with van der Waals surface area (Å²) in [6.45, 7) is 1.56. The summed E-state index contributed by atoms with van der Waals surface area (Å²) < 4.78 is 31.7. The predicted octanol–water partition coefficient (Wildman–Crippen LogP) is 2.90. The van der Waals surface area contributed by atoms with Crippen LogP contribution in [-0.2, 0) is 32.5 Å². The van der Waals surface area contributed by atoms with Crippen LogP contribution in [-0.4, -0.2) is 36.5 Å². The van der Waals surface area contributed by atoms with E-state index in [0.717, 1.165) is 5.56 Å². The monoisotopic (exact) mass is 413 g/mol. The molecule has 8 heteroatoms. The van der Waals surface area contributed by atoms with E-state index in [9.17, 15) is 13.2 Å². The molecule has 1 amide bonds. The molecule has 1 aromatic heterocycles. The second-order valence-electron chi connectivity index (χ2n) is 6.46. The maximum atomic E-state index is 12.2. The smallest absolute Gasteiger partial charge is 0.225 e. The van der Waals surface area contributed by atoms with Gasteiger partial charge in [-0.3, -0.25) is 9.48 Å². The summed E-state index contributed by atoms with van der Waals surface area (Å²) >= 11 is 0. The molecule has 0 spiro atoms. The SMILES string of the molecule is O=C(CCS(=O)(=O)c1ccccc1)Nc1cnn(CCOCc2ccccc2)c1. The molecule has 0 radical (unpaired) electrons. The number of hydrogen-bond donors (Lipinski definition) is 1. The fourth-order valence-corrected chi connectivity index (χ4v) is 3.93. The number of benzene rings is 2. The number of carbonyl (C=O) groups excluding carboxylic acids is 1. The van der Waals surface area contributed by atoms with E-state index in [4.69, 9.17) is 4.74 Å². The van der Waals surface area contributed by atoms with E-state index in [-0.39, 0.29) is 23.0 Å². The average molecular weight is 413 g/mol. The summed E-state index contributed by atoms with van der Waals surface area (Å²) in [5, 5.41) is 6.85. The van der Waals surface area contributed by atoms with Crippen LogP contribution in [0.15, 0.2) is 78.0 Å². The lowest BCUT2D eigenvalue weighted by Crippen LogP contribution is -2.17. The standard InChI is InChI=1S/C21H23N3O4S/c25-21(11-14-29(26,27)20-9-5-2-6-10-20)23-19-15-22-24(16-19)12-13-28-17-18-7-3-1-4-8-18/h1-10,15-16H,11-14,17H2,(H,23,25). The summed E-state index contributed by atoms with van der Waals surface area (Å²) in [5.74, 6) is -0.617. The molecular formula is C21H23N3O4S. The highest BCUT2D eigenvalue weighted by atomic mass is 32.2. The van der Waals surface area contributed by atoms with Gasteiger partial charge in [-0.05, 0) is 17.7 Å². The molecule has 29 heavy (non-hydrogen) atoms. The molecule has 0 saturated heterocycles. The number of hydrogen-bond acceptors (Lipinski definition) is 5. The Morgan fingerprint density at radius 3 is 2.45 bits per heavy atom. The van der Waals surface area contributed by atoms with E-state index in [0.29, 0.717) is 25.4 Å². The normalized spacial score (nSPS) is 11.3. The van der Waals surface area contributed by atoms with E-state index < -0.39 is 9.84 Å². The topological polar surface area (TPSA) is 90.3 Å². The van der Waals surface area contributed by atoms with E-state index in [1.165, 1.54) is 18.3 Å². The first kappa shape index (κ1) is 20.8. The second kappa shape index (κ2) is 9.99. The molecule has 2 aromatic carbocycles. The highest BCUT2D eigenvalue weighted by molar-refractivity contribution is 7.91. The van der Waals surface area contributed by atoms with Crippen molar-refractivity contribution < 1.29 is 17.9 Å². The van der Waals surface area contributed by atoms with Gasteiger partial charge in [0, 0.05) is 12.6 Å². The number of nitrogens with one attached hydrogen (secondary N) is 1. The van der Waals surface area contributed by atoms with Crippen LogP contribution >= 0.6 is 0 Å². The molecule has 3 rings (SSSR count). The number of anilines is 1. The number of carbonyl (C=O) groups is 1.